The van der Waals surface area contributed by atoms with Gasteiger partial charge in [-0.05, 0) is 30.4 Å². The number of rotatable bonds is 4. The van der Waals surface area contributed by atoms with Crippen molar-refractivity contribution < 1.29 is 5.11 Å². The largest absolute Gasteiger partial charge is 0.393 e. The summed E-state index contributed by atoms with van der Waals surface area (Å²) < 4.78 is 0. The van der Waals surface area contributed by atoms with Gasteiger partial charge in [0.15, 0.2) is 0 Å². The van der Waals surface area contributed by atoms with Crippen LogP contribution in [0.4, 0.5) is 5.82 Å². The maximum absolute atomic E-state index is 9.12. The molecule has 16 heavy (non-hydrogen) atoms. The van der Waals surface area contributed by atoms with Crippen molar-refractivity contribution >= 4 is 5.82 Å². The lowest BCUT2D eigenvalue weighted by atomic mass is 9.88. The fourth-order valence-electron chi connectivity index (χ4n) is 1.35. The molecule has 0 aromatic carbocycles. The van der Waals surface area contributed by atoms with E-state index in [9.17, 15) is 0 Å². The fraction of sp³-hybridized carbons (Fsp3) is 0.615. The first kappa shape index (κ1) is 13.0. The highest BCUT2D eigenvalue weighted by Crippen LogP contribution is 2.21. The highest BCUT2D eigenvalue weighted by molar-refractivity contribution is 5.36. The van der Waals surface area contributed by atoms with Gasteiger partial charge in [-0.25, -0.2) is 4.98 Å². The van der Waals surface area contributed by atoms with Crippen LogP contribution in [0.5, 0.6) is 0 Å². The molecular formula is C13H22N2O. The second kappa shape index (κ2) is 5.30. The fourth-order valence-corrected chi connectivity index (χ4v) is 1.35. The minimum absolute atomic E-state index is 0.144. The van der Waals surface area contributed by atoms with E-state index in [1.165, 1.54) is 5.56 Å². The van der Waals surface area contributed by atoms with Crippen molar-refractivity contribution in [3.8, 4) is 0 Å². The van der Waals surface area contributed by atoms with E-state index in [0.717, 1.165) is 18.8 Å². The van der Waals surface area contributed by atoms with Gasteiger partial charge in [-0.1, -0.05) is 26.8 Å². The lowest BCUT2D eigenvalue weighted by Gasteiger charge is -2.18. The molecule has 3 nitrogen and oxygen atoms in total. The SMILES string of the molecule is CC(O)CCNc1ccc(C(C)(C)C)cn1. The number of aliphatic hydroxyl groups excluding tert-OH is 1. The number of pyridine rings is 1. The van der Waals surface area contributed by atoms with Crippen LogP contribution in [0, 0.1) is 0 Å². The van der Waals surface area contributed by atoms with Crippen LogP contribution in [-0.4, -0.2) is 22.7 Å². The number of aromatic nitrogens is 1. The highest BCUT2D eigenvalue weighted by atomic mass is 16.3. The third-order valence-corrected chi connectivity index (χ3v) is 2.50. The van der Waals surface area contributed by atoms with Gasteiger partial charge in [0, 0.05) is 12.7 Å². The molecule has 0 aliphatic carbocycles. The summed E-state index contributed by atoms with van der Waals surface area (Å²) in [7, 11) is 0. The van der Waals surface area contributed by atoms with Crippen LogP contribution >= 0.6 is 0 Å². The molecule has 1 heterocycles. The Labute approximate surface area is 97.9 Å². The van der Waals surface area contributed by atoms with Gasteiger partial charge >= 0.3 is 0 Å². The van der Waals surface area contributed by atoms with Gasteiger partial charge in [0.1, 0.15) is 5.82 Å². The summed E-state index contributed by atoms with van der Waals surface area (Å²) in [6.45, 7) is 9.05. The molecule has 0 saturated carbocycles. The Hall–Kier alpha value is -1.09. The number of anilines is 1. The van der Waals surface area contributed by atoms with Crippen LogP contribution in [0.3, 0.4) is 0 Å². The molecule has 1 atom stereocenters. The first-order chi connectivity index (χ1) is 7.39. The van der Waals surface area contributed by atoms with E-state index in [2.05, 4.69) is 37.1 Å². The van der Waals surface area contributed by atoms with Crippen LogP contribution in [0.2, 0.25) is 0 Å². The molecule has 0 amide bonds. The van der Waals surface area contributed by atoms with Gasteiger partial charge < -0.3 is 10.4 Å². The summed E-state index contributed by atoms with van der Waals surface area (Å²) >= 11 is 0. The molecule has 90 valence electrons. The standard InChI is InChI=1S/C13H22N2O/c1-10(16)7-8-14-12-6-5-11(9-15-12)13(2,3)4/h5-6,9-10,16H,7-8H2,1-4H3,(H,14,15). The zero-order valence-electron chi connectivity index (χ0n) is 10.6. The van der Waals surface area contributed by atoms with Gasteiger partial charge in [-0.3, -0.25) is 0 Å². The van der Waals surface area contributed by atoms with Gasteiger partial charge in [0.25, 0.3) is 0 Å². The minimum atomic E-state index is -0.263. The van der Waals surface area contributed by atoms with E-state index < -0.39 is 0 Å². The van der Waals surface area contributed by atoms with Gasteiger partial charge in [0.05, 0.1) is 6.10 Å². The number of nitrogens with zero attached hydrogens (tertiary/aromatic N) is 1. The normalized spacial score (nSPS) is 13.6. The van der Waals surface area contributed by atoms with Crippen LogP contribution < -0.4 is 5.32 Å². The zero-order valence-corrected chi connectivity index (χ0v) is 10.6. The maximum atomic E-state index is 9.12. The predicted octanol–water partition coefficient (Wildman–Crippen LogP) is 2.56. The monoisotopic (exact) mass is 222 g/mol. The van der Waals surface area contributed by atoms with Crippen molar-refractivity contribution in [1.82, 2.24) is 4.98 Å². The minimum Gasteiger partial charge on any atom is -0.393 e. The highest BCUT2D eigenvalue weighted by Gasteiger charge is 2.13. The van der Waals surface area contributed by atoms with E-state index in [0.29, 0.717) is 0 Å². The van der Waals surface area contributed by atoms with E-state index in [-0.39, 0.29) is 11.5 Å². The number of aliphatic hydroxyl groups is 1. The van der Waals surface area contributed by atoms with E-state index in [1.54, 1.807) is 6.92 Å². The molecule has 0 radical (unpaired) electrons. The Morgan fingerprint density at radius 2 is 2.06 bits per heavy atom. The Morgan fingerprint density at radius 3 is 2.50 bits per heavy atom. The third kappa shape index (κ3) is 4.19. The van der Waals surface area contributed by atoms with Crippen molar-refractivity contribution in [3.05, 3.63) is 23.9 Å². The maximum Gasteiger partial charge on any atom is 0.125 e. The first-order valence-electron chi connectivity index (χ1n) is 5.78. The molecule has 0 spiro atoms. The molecule has 1 rings (SSSR count). The molecule has 0 bridgehead atoms. The van der Waals surface area contributed by atoms with Crippen LogP contribution in [0.25, 0.3) is 0 Å². The van der Waals surface area contributed by atoms with E-state index in [4.69, 9.17) is 5.11 Å². The summed E-state index contributed by atoms with van der Waals surface area (Å²) in [5.41, 5.74) is 1.37. The Kier molecular flexibility index (Phi) is 4.30. The van der Waals surface area contributed by atoms with Gasteiger partial charge in [-0.2, -0.15) is 0 Å². The van der Waals surface area contributed by atoms with Crippen molar-refractivity contribution in [2.45, 2.75) is 45.6 Å². The Balaban J connectivity index is 2.52. The average molecular weight is 222 g/mol. The zero-order chi connectivity index (χ0) is 12.2. The second-order valence-electron chi connectivity index (χ2n) is 5.25. The van der Waals surface area contributed by atoms with E-state index >= 15 is 0 Å². The van der Waals surface area contributed by atoms with Gasteiger partial charge in [-0.15, -0.1) is 0 Å². The van der Waals surface area contributed by atoms with Gasteiger partial charge in [0.2, 0.25) is 0 Å². The molecule has 0 aliphatic rings. The van der Waals surface area contributed by atoms with Crippen LogP contribution in [0.1, 0.15) is 39.7 Å². The molecular weight excluding hydrogens is 200 g/mol. The average Bonchev–Trinajstić information content (AvgIpc) is 2.16. The number of hydrogen-bond donors (Lipinski definition) is 2. The molecule has 2 N–H and O–H groups in total. The molecule has 3 heteroatoms. The number of nitrogens with one attached hydrogen (secondary N) is 1. The Bertz CT molecular complexity index is 312. The summed E-state index contributed by atoms with van der Waals surface area (Å²) in [6.07, 6.45) is 2.38. The Morgan fingerprint density at radius 1 is 1.38 bits per heavy atom. The number of hydrogen-bond acceptors (Lipinski definition) is 3. The molecule has 0 fully saturated rings. The van der Waals surface area contributed by atoms with Crippen molar-refractivity contribution in [1.29, 1.82) is 0 Å². The second-order valence-corrected chi connectivity index (χ2v) is 5.25. The van der Waals surface area contributed by atoms with Crippen LogP contribution in [0.15, 0.2) is 18.3 Å². The molecule has 0 aliphatic heterocycles. The topological polar surface area (TPSA) is 45.1 Å². The van der Waals surface area contributed by atoms with Crippen LogP contribution in [-0.2, 0) is 5.41 Å². The van der Waals surface area contributed by atoms with Crippen molar-refractivity contribution in [3.63, 3.8) is 0 Å². The third-order valence-electron chi connectivity index (χ3n) is 2.50. The summed E-state index contributed by atoms with van der Waals surface area (Å²) in [5, 5.41) is 12.3. The molecule has 1 aromatic heterocycles. The van der Waals surface area contributed by atoms with Crippen molar-refractivity contribution in [2.75, 3.05) is 11.9 Å². The summed E-state index contributed by atoms with van der Waals surface area (Å²) in [4.78, 5) is 4.35. The molecule has 1 aromatic rings. The summed E-state index contributed by atoms with van der Waals surface area (Å²) in [5.74, 6) is 0.869. The van der Waals surface area contributed by atoms with E-state index in [1.807, 2.05) is 12.3 Å². The lowest BCUT2D eigenvalue weighted by Crippen LogP contribution is -2.13. The molecule has 0 saturated heterocycles. The smallest absolute Gasteiger partial charge is 0.125 e. The molecule has 1 unspecified atom stereocenters. The van der Waals surface area contributed by atoms with Crippen molar-refractivity contribution in [2.24, 2.45) is 0 Å². The quantitative estimate of drug-likeness (QED) is 0.823. The lowest BCUT2D eigenvalue weighted by molar-refractivity contribution is 0.188. The first-order valence-corrected chi connectivity index (χ1v) is 5.78. The summed E-state index contributed by atoms with van der Waals surface area (Å²) in [6, 6.07) is 4.08. The predicted molar refractivity (Wildman–Crippen MR) is 67.7 cm³/mol.